The number of aromatic hydroxyl groups is 1. The van der Waals surface area contributed by atoms with Gasteiger partial charge in [-0.25, -0.2) is 8.78 Å². The Balaban J connectivity index is 2.70. The fourth-order valence-corrected chi connectivity index (χ4v) is 2.79. The van der Waals surface area contributed by atoms with Crippen molar-refractivity contribution in [3.63, 3.8) is 0 Å². The fraction of sp³-hybridized carbons (Fsp3) is 0.462. The number of hydrogen-bond acceptors (Lipinski definition) is 3. The van der Waals surface area contributed by atoms with E-state index in [4.69, 9.17) is 0 Å². The summed E-state index contributed by atoms with van der Waals surface area (Å²) in [6.45, 7) is 0. The Hall–Kier alpha value is -1.85. The molecule has 0 heterocycles. The van der Waals surface area contributed by atoms with Crippen molar-refractivity contribution in [3.05, 3.63) is 23.3 Å². The van der Waals surface area contributed by atoms with Gasteiger partial charge < -0.3 is 14.9 Å². The van der Waals surface area contributed by atoms with Crippen LogP contribution in [-0.4, -0.2) is 23.3 Å². The monoisotopic (exact) mass is 272 g/mol. The van der Waals surface area contributed by atoms with Crippen molar-refractivity contribution in [2.75, 3.05) is 7.11 Å². The summed E-state index contributed by atoms with van der Waals surface area (Å²) in [6.07, 6.45) is 1.65. The lowest BCUT2D eigenvalue weighted by Gasteiger charge is -2.26. The van der Waals surface area contributed by atoms with Crippen molar-refractivity contribution in [2.45, 2.75) is 31.1 Å². The Morgan fingerprint density at radius 2 is 1.89 bits per heavy atom. The zero-order valence-electron chi connectivity index (χ0n) is 10.4. The average molecular weight is 272 g/mol. The van der Waals surface area contributed by atoms with Gasteiger partial charge >= 0.3 is 5.97 Å². The van der Waals surface area contributed by atoms with Gasteiger partial charge in [-0.15, -0.1) is 0 Å². The van der Waals surface area contributed by atoms with E-state index in [0.29, 0.717) is 18.9 Å². The normalized spacial score (nSPS) is 17.4. The molecule has 0 aliphatic heterocycles. The topological polar surface area (TPSA) is 66.8 Å². The minimum atomic E-state index is -1.50. The molecule has 1 aliphatic rings. The standard InChI is InChI=1S/C13H14F2O4/c1-19-11-8(15)6-7(14)9(10(11)16)13(12(17)18)4-2-3-5-13/h6,16H,2-5H2,1H3,(H,17,18). The van der Waals surface area contributed by atoms with E-state index < -0.39 is 34.5 Å². The number of rotatable bonds is 3. The van der Waals surface area contributed by atoms with E-state index in [1.807, 2.05) is 0 Å². The molecule has 1 fully saturated rings. The summed E-state index contributed by atoms with van der Waals surface area (Å²) in [6, 6.07) is 0.552. The number of carboxylic acids is 1. The summed E-state index contributed by atoms with van der Waals surface area (Å²) in [5.74, 6) is -4.61. The number of aliphatic carboxylic acids is 1. The van der Waals surface area contributed by atoms with E-state index in [2.05, 4.69) is 4.74 Å². The first-order valence-electron chi connectivity index (χ1n) is 5.93. The lowest BCUT2D eigenvalue weighted by Crippen LogP contribution is -2.34. The third kappa shape index (κ3) is 1.91. The van der Waals surface area contributed by atoms with E-state index in [1.54, 1.807) is 0 Å². The van der Waals surface area contributed by atoms with Crippen LogP contribution in [0.25, 0.3) is 0 Å². The molecule has 1 saturated carbocycles. The molecule has 0 aromatic heterocycles. The Kier molecular flexibility index (Phi) is 3.34. The van der Waals surface area contributed by atoms with Crippen LogP contribution in [0.2, 0.25) is 0 Å². The van der Waals surface area contributed by atoms with Crippen molar-refractivity contribution >= 4 is 5.97 Å². The highest BCUT2D eigenvalue weighted by Gasteiger charge is 2.47. The number of phenolic OH excluding ortho intramolecular Hbond substituents is 1. The SMILES string of the molecule is COc1c(F)cc(F)c(C2(C(=O)O)CCCC2)c1O. The molecule has 1 aromatic rings. The molecule has 6 heteroatoms. The number of carboxylic acid groups (broad SMARTS) is 1. The zero-order chi connectivity index (χ0) is 14.2. The molecule has 0 atom stereocenters. The van der Waals surface area contributed by atoms with E-state index in [0.717, 1.165) is 7.11 Å². The molecule has 0 spiro atoms. The first kappa shape index (κ1) is 13.6. The molecule has 2 N–H and O–H groups in total. The van der Waals surface area contributed by atoms with Gasteiger partial charge in [0, 0.05) is 6.07 Å². The van der Waals surface area contributed by atoms with Gasteiger partial charge in [0.1, 0.15) is 5.82 Å². The maximum atomic E-state index is 14.0. The number of benzene rings is 1. The van der Waals surface area contributed by atoms with E-state index >= 15 is 0 Å². The first-order chi connectivity index (χ1) is 8.94. The first-order valence-corrected chi connectivity index (χ1v) is 5.93. The summed E-state index contributed by atoms with van der Waals surface area (Å²) in [4.78, 5) is 11.5. The highest BCUT2D eigenvalue weighted by atomic mass is 19.1. The molecule has 0 bridgehead atoms. The predicted molar refractivity (Wildman–Crippen MR) is 62.4 cm³/mol. The van der Waals surface area contributed by atoms with Gasteiger partial charge in [-0.05, 0) is 12.8 Å². The average Bonchev–Trinajstić information content (AvgIpc) is 2.79. The van der Waals surface area contributed by atoms with Crippen LogP contribution < -0.4 is 4.74 Å². The van der Waals surface area contributed by atoms with Crippen LogP contribution in [0.4, 0.5) is 8.78 Å². The number of carbonyl (C=O) groups is 1. The predicted octanol–water partition coefficient (Wildman–Crippen LogP) is 2.58. The van der Waals surface area contributed by atoms with Crippen molar-refractivity contribution in [3.8, 4) is 11.5 Å². The Morgan fingerprint density at radius 3 is 2.37 bits per heavy atom. The van der Waals surface area contributed by atoms with E-state index in [1.165, 1.54) is 0 Å². The van der Waals surface area contributed by atoms with Gasteiger partial charge in [0.15, 0.2) is 17.3 Å². The molecule has 4 nitrogen and oxygen atoms in total. The molecule has 1 aromatic carbocycles. The lowest BCUT2D eigenvalue weighted by atomic mass is 9.78. The maximum absolute atomic E-state index is 14.0. The minimum Gasteiger partial charge on any atom is -0.504 e. The van der Waals surface area contributed by atoms with Crippen LogP contribution >= 0.6 is 0 Å². The second-order valence-corrected chi connectivity index (χ2v) is 4.69. The highest BCUT2D eigenvalue weighted by molar-refractivity contribution is 5.83. The van der Waals surface area contributed by atoms with Crippen LogP contribution in [0.3, 0.4) is 0 Å². The van der Waals surface area contributed by atoms with E-state index in [9.17, 15) is 23.8 Å². The third-order valence-electron chi connectivity index (χ3n) is 3.71. The summed E-state index contributed by atoms with van der Waals surface area (Å²) >= 11 is 0. The molecular formula is C13H14F2O4. The van der Waals surface area contributed by atoms with Crippen molar-refractivity contribution in [1.29, 1.82) is 0 Å². The zero-order valence-corrected chi connectivity index (χ0v) is 10.4. The van der Waals surface area contributed by atoms with Crippen molar-refractivity contribution in [2.24, 2.45) is 0 Å². The number of ether oxygens (including phenoxy) is 1. The molecule has 0 amide bonds. The van der Waals surface area contributed by atoms with Gasteiger partial charge in [-0.2, -0.15) is 0 Å². The van der Waals surface area contributed by atoms with Gasteiger partial charge in [0.2, 0.25) is 0 Å². The number of halogens is 2. The summed E-state index contributed by atoms with van der Waals surface area (Å²) in [5.41, 5.74) is -1.88. The van der Waals surface area contributed by atoms with Crippen LogP contribution in [-0.2, 0) is 10.2 Å². The molecule has 2 rings (SSSR count). The quantitative estimate of drug-likeness (QED) is 0.887. The molecule has 0 saturated heterocycles. The minimum absolute atomic E-state index is 0.210. The summed E-state index contributed by atoms with van der Waals surface area (Å²) < 4.78 is 32.1. The van der Waals surface area contributed by atoms with Gasteiger partial charge in [0.05, 0.1) is 18.1 Å². The summed E-state index contributed by atoms with van der Waals surface area (Å²) in [7, 11) is 1.13. The van der Waals surface area contributed by atoms with Crippen LogP contribution in [0.1, 0.15) is 31.2 Å². The second-order valence-electron chi connectivity index (χ2n) is 4.69. The highest BCUT2D eigenvalue weighted by Crippen LogP contribution is 2.49. The third-order valence-corrected chi connectivity index (χ3v) is 3.71. The molecule has 1 aliphatic carbocycles. The molecule has 0 unspecified atom stereocenters. The summed E-state index contributed by atoms with van der Waals surface area (Å²) in [5, 5.41) is 19.3. The van der Waals surface area contributed by atoms with Crippen molar-refractivity contribution in [1.82, 2.24) is 0 Å². The van der Waals surface area contributed by atoms with Crippen LogP contribution in [0, 0.1) is 11.6 Å². The Morgan fingerprint density at radius 1 is 1.32 bits per heavy atom. The largest absolute Gasteiger partial charge is 0.504 e. The fourth-order valence-electron chi connectivity index (χ4n) is 2.79. The molecule has 104 valence electrons. The second kappa shape index (κ2) is 4.68. The maximum Gasteiger partial charge on any atom is 0.314 e. The number of hydrogen-bond donors (Lipinski definition) is 2. The van der Waals surface area contributed by atoms with E-state index in [-0.39, 0.29) is 18.4 Å². The van der Waals surface area contributed by atoms with Crippen LogP contribution in [0.15, 0.2) is 6.07 Å². The lowest BCUT2D eigenvalue weighted by molar-refractivity contribution is -0.143. The van der Waals surface area contributed by atoms with Gasteiger partial charge in [-0.1, -0.05) is 12.8 Å². The van der Waals surface area contributed by atoms with Gasteiger partial charge in [-0.3, -0.25) is 4.79 Å². The molecule has 0 radical (unpaired) electrons. The van der Waals surface area contributed by atoms with Gasteiger partial charge in [0.25, 0.3) is 0 Å². The Bertz CT molecular complexity index is 522. The molecule has 19 heavy (non-hydrogen) atoms. The molecular weight excluding hydrogens is 258 g/mol. The smallest absolute Gasteiger partial charge is 0.314 e. The Labute approximate surface area is 108 Å². The number of methoxy groups -OCH3 is 1. The van der Waals surface area contributed by atoms with Crippen molar-refractivity contribution < 1.29 is 28.5 Å². The number of phenols is 1. The van der Waals surface area contributed by atoms with Crippen LogP contribution in [0.5, 0.6) is 11.5 Å².